The van der Waals surface area contributed by atoms with E-state index in [1.807, 2.05) is 42.7 Å². The van der Waals surface area contributed by atoms with Gasteiger partial charge in [-0.3, -0.25) is 14.9 Å². The number of hydrogen-bond acceptors (Lipinski definition) is 7. The topological polar surface area (TPSA) is 99.3 Å². The number of piperidine rings is 1. The number of rotatable bonds is 5. The zero-order valence-electron chi connectivity index (χ0n) is 20.1. The highest BCUT2D eigenvalue weighted by molar-refractivity contribution is 6.11. The number of aromatic amines is 1. The Morgan fingerprint density at radius 1 is 0.917 bits per heavy atom. The van der Waals surface area contributed by atoms with Crippen molar-refractivity contribution in [1.29, 1.82) is 0 Å². The number of ether oxygens (including phenoxy) is 1. The van der Waals surface area contributed by atoms with Crippen LogP contribution in [0.2, 0.25) is 0 Å². The molecular formula is C27H29N7O2. The molecule has 0 unspecified atom stereocenters. The van der Waals surface area contributed by atoms with Gasteiger partial charge in [-0.2, -0.15) is 5.10 Å². The molecule has 4 aromatic rings. The van der Waals surface area contributed by atoms with Crippen LogP contribution in [0.4, 0.5) is 17.2 Å². The first-order chi connectivity index (χ1) is 17.7. The van der Waals surface area contributed by atoms with Crippen molar-refractivity contribution in [2.45, 2.75) is 19.3 Å². The quantitative estimate of drug-likeness (QED) is 0.441. The molecule has 1 aromatic carbocycles. The summed E-state index contributed by atoms with van der Waals surface area (Å²) in [5.74, 6) is 0.642. The van der Waals surface area contributed by atoms with Gasteiger partial charge in [0.15, 0.2) is 5.69 Å². The Balaban J connectivity index is 1.25. The summed E-state index contributed by atoms with van der Waals surface area (Å²) >= 11 is 0. The van der Waals surface area contributed by atoms with E-state index in [0.29, 0.717) is 11.4 Å². The van der Waals surface area contributed by atoms with Crippen molar-refractivity contribution < 1.29 is 9.53 Å². The minimum Gasteiger partial charge on any atom is -0.378 e. The van der Waals surface area contributed by atoms with E-state index in [2.05, 4.69) is 41.3 Å². The molecule has 184 valence electrons. The lowest BCUT2D eigenvalue weighted by molar-refractivity contribution is 0.102. The molecular weight excluding hydrogens is 454 g/mol. The molecule has 9 heteroatoms. The van der Waals surface area contributed by atoms with Crippen LogP contribution in [0, 0.1) is 0 Å². The Hall–Kier alpha value is -3.98. The minimum atomic E-state index is -0.255. The first-order valence-corrected chi connectivity index (χ1v) is 12.5. The summed E-state index contributed by atoms with van der Waals surface area (Å²) in [5.41, 5.74) is 4.93. The molecule has 2 saturated heterocycles. The highest BCUT2D eigenvalue weighted by Gasteiger charge is 2.18. The maximum Gasteiger partial charge on any atom is 0.276 e. The number of morpholine rings is 1. The van der Waals surface area contributed by atoms with E-state index in [9.17, 15) is 4.79 Å². The summed E-state index contributed by atoms with van der Waals surface area (Å²) in [7, 11) is 0. The molecule has 36 heavy (non-hydrogen) atoms. The second-order valence-corrected chi connectivity index (χ2v) is 9.27. The first-order valence-electron chi connectivity index (χ1n) is 12.5. The monoisotopic (exact) mass is 483 g/mol. The fourth-order valence-electron chi connectivity index (χ4n) is 4.93. The molecule has 2 aliphatic heterocycles. The fourth-order valence-corrected chi connectivity index (χ4v) is 4.93. The molecule has 2 N–H and O–H groups in total. The Labute approximate surface area is 209 Å². The summed E-state index contributed by atoms with van der Waals surface area (Å²) in [4.78, 5) is 26.8. The third-order valence-corrected chi connectivity index (χ3v) is 6.89. The van der Waals surface area contributed by atoms with E-state index in [-0.39, 0.29) is 5.91 Å². The van der Waals surface area contributed by atoms with E-state index in [0.717, 1.165) is 72.9 Å². The van der Waals surface area contributed by atoms with Crippen molar-refractivity contribution in [2.24, 2.45) is 0 Å². The number of nitrogens with one attached hydrogen (secondary N) is 2. The molecule has 0 spiro atoms. The second-order valence-electron chi connectivity index (χ2n) is 9.27. The van der Waals surface area contributed by atoms with Crippen molar-refractivity contribution >= 4 is 34.0 Å². The van der Waals surface area contributed by atoms with Crippen LogP contribution in [0.15, 0.2) is 55.0 Å². The molecule has 0 atom stereocenters. The van der Waals surface area contributed by atoms with E-state index >= 15 is 0 Å². The molecule has 9 nitrogen and oxygen atoms in total. The third-order valence-electron chi connectivity index (χ3n) is 6.89. The molecule has 0 bridgehead atoms. The number of hydrogen-bond donors (Lipinski definition) is 2. The molecule has 0 saturated carbocycles. The number of benzene rings is 1. The number of aromatic nitrogens is 4. The average Bonchev–Trinajstić information content (AvgIpc) is 3.38. The van der Waals surface area contributed by atoms with Gasteiger partial charge in [-0.15, -0.1) is 0 Å². The summed E-state index contributed by atoms with van der Waals surface area (Å²) in [6.07, 6.45) is 9.08. The predicted octanol–water partition coefficient (Wildman–Crippen LogP) is 4.10. The Kier molecular flexibility index (Phi) is 6.21. The zero-order chi connectivity index (χ0) is 24.3. The van der Waals surface area contributed by atoms with Gasteiger partial charge in [-0.05, 0) is 49.1 Å². The van der Waals surface area contributed by atoms with E-state index in [4.69, 9.17) is 4.74 Å². The van der Waals surface area contributed by atoms with Crippen LogP contribution < -0.4 is 15.1 Å². The maximum atomic E-state index is 13.2. The lowest BCUT2D eigenvalue weighted by atomic mass is 10.0. The number of carbonyl (C=O) groups is 1. The molecule has 2 aliphatic rings. The van der Waals surface area contributed by atoms with Crippen molar-refractivity contribution in [3.05, 3.63) is 60.7 Å². The normalized spacial score (nSPS) is 16.3. The van der Waals surface area contributed by atoms with E-state index in [1.165, 1.54) is 19.3 Å². The second kappa shape index (κ2) is 9.94. The van der Waals surface area contributed by atoms with Gasteiger partial charge < -0.3 is 19.9 Å². The summed E-state index contributed by atoms with van der Waals surface area (Å²) in [5, 5.41) is 11.1. The summed E-state index contributed by atoms with van der Waals surface area (Å²) in [6.45, 7) is 5.15. The fraction of sp³-hybridized carbons (Fsp3) is 0.333. The number of carbonyl (C=O) groups excluding carboxylic acids is 1. The zero-order valence-corrected chi connectivity index (χ0v) is 20.1. The van der Waals surface area contributed by atoms with Gasteiger partial charge in [0.2, 0.25) is 0 Å². The molecule has 5 heterocycles. The first kappa shape index (κ1) is 22.5. The lowest BCUT2D eigenvalue weighted by Crippen LogP contribution is -2.36. The van der Waals surface area contributed by atoms with Crippen molar-refractivity contribution in [2.75, 3.05) is 54.5 Å². The summed E-state index contributed by atoms with van der Waals surface area (Å²) < 4.78 is 5.47. The van der Waals surface area contributed by atoms with Crippen LogP contribution in [0.5, 0.6) is 0 Å². The number of anilines is 3. The van der Waals surface area contributed by atoms with Crippen LogP contribution in [-0.4, -0.2) is 65.5 Å². The SMILES string of the molecule is O=C(Nc1ccnc(N2CCCCC2)c1)c1n[nH]c2ccc(-c3cncc(N4CCOCC4)c3)cc12. The molecule has 3 aromatic heterocycles. The van der Waals surface area contributed by atoms with Gasteiger partial charge >= 0.3 is 0 Å². The van der Waals surface area contributed by atoms with Gasteiger partial charge in [0.05, 0.1) is 30.6 Å². The average molecular weight is 484 g/mol. The molecule has 2 fully saturated rings. The largest absolute Gasteiger partial charge is 0.378 e. The summed E-state index contributed by atoms with van der Waals surface area (Å²) in [6, 6.07) is 11.9. The van der Waals surface area contributed by atoms with Gasteiger partial charge in [0.1, 0.15) is 5.82 Å². The highest BCUT2D eigenvalue weighted by atomic mass is 16.5. The molecule has 0 radical (unpaired) electrons. The number of pyridine rings is 2. The maximum absolute atomic E-state index is 13.2. The standard InChI is InChI=1S/C27H29N7O2/c35-27(30-21-6-7-29-25(16-21)34-8-2-1-3-9-34)26-23-15-19(4-5-24(23)31-32-26)20-14-22(18-28-17-20)33-10-12-36-13-11-33/h4-7,14-18H,1-3,8-13H2,(H,31,32)(H,29,30,35). The minimum absolute atomic E-state index is 0.255. The Bertz CT molecular complexity index is 1370. The Morgan fingerprint density at radius 2 is 1.78 bits per heavy atom. The van der Waals surface area contributed by atoms with E-state index < -0.39 is 0 Å². The lowest BCUT2D eigenvalue weighted by Gasteiger charge is -2.28. The van der Waals surface area contributed by atoms with Crippen LogP contribution in [0.3, 0.4) is 0 Å². The van der Waals surface area contributed by atoms with Gasteiger partial charge in [-0.25, -0.2) is 4.98 Å². The van der Waals surface area contributed by atoms with E-state index in [1.54, 1.807) is 6.20 Å². The van der Waals surface area contributed by atoms with Crippen LogP contribution >= 0.6 is 0 Å². The number of amides is 1. The van der Waals surface area contributed by atoms with Gasteiger partial charge in [0.25, 0.3) is 5.91 Å². The third kappa shape index (κ3) is 4.61. The molecule has 1 amide bonds. The molecule has 0 aliphatic carbocycles. The van der Waals surface area contributed by atoms with Crippen LogP contribution in [0.25, 0.3) is 22.0 Å². The van der Waals surface area contributed by atoms with Gasteiger partial charge in [0, 0.05) is 61.3 Å². The van der Waals surface area contributed by atoms with Gasteiger partial charge in [-0.1, -0.05) is 6.07 Å². The Morgan fingerprint density at radius 3 is 2.64 bits per heavy atom. The predicted molar refractivity (Wildman–Crippen MR) is 141 cm³/mol. The van der Waals surface area contributed by atoms with Crippen LogP contribution in [-0.2, 0) is 4.74 Å². The number of H-pyrrole nitrogens is 1. The highest BCUT2D eigenvalue weighted by Crippen LogP contribution is 2.28. The number of fused-ring (bicyclic) bond motifs is 1. The molecule has 6 rings (SSSR count). The van der Waals surface area contributed by atoms with Crippen LogP contribution in [0.1, 0.15) is 29.8 Å². The van der Waals surface area contributed by atoms with Crippen molar-refractivity contribution in [1.82, 2.24) is 20.2 Å². The van der Waals surface area contributed by atoms with Crippen molar-refractivity contribution in [3.8, 4) is 11.1 Å². The number of nitrogens with zero attached hydrogens (tertiary/aromatic N) is 5. The smallest absolute Gasteiger partial charge is 0.276 e. The van der Waals surface area contributed by atoms with Crippen molar-refractivity contribution in [3.63, 3.8) is 0 Å².